The number of likely N-dealkylation sites (tertiary alicyclic amines) is 1. The minimum atomic E-state index is -1.29. The van der Waals surface area contributed by atoms with Gasteiger partial charge in [0.1, 0.15) is 11.4 Å². The van der Waals surface area contributed by atoms with Crippen LogP contribution >= 0.6 is 0 Å². The second-order valence-electron chi connectivity index (χ2n) is 8.36. The lowest BCUT2D eigenvalue weighted by Crippen LogP contribution is -2.58. The fourth-order valence-electron chi connectivity index (χ4n) is 5.31. The number of halogens is 1. The van der Waals surface area contributed by atoms with Gasteiger partial charge in [-0.2, -0.15) is 0 Å². The highest BCUT2D eigenvalue weighted by molar-refractivity contribution is 6.06. The number of carbonyl (C=O) groups excluding carboxylic acids is 2. The predicted molar refractivity (Wildman–Crippen MR) is 101 cm³/mol. The highest BCUT2D eigenvalue weighted by atomic mass is 19.1. The second kappa shape index (κ2) is 6.89. The molecule has 2 fully saturated rings. The molecule has 3 aliphatic rings. The summed E-state index contributed by atoms with van der Waals surface area (Å²) in [7, 11) is 0. The smallest absolute Gasteiger partial charge is 0.255 e. The van der Waals surface area contributed by atoms with Crippen LogP contribution in [0.5, 0.6) is 0 Å². The van der Waals surface area contributed by atoms with E-state index in [0.29, 0.717) is 17.2 Å². The zero-order valence-corrected chi connectivity index (χ0v) is 15.9. The first-order valence-corrected chi connectivity index (χ1v) is 10.1. The summed E-state index contributed by atoms with van der Waals surface area (Å²) in [6.07, 6.45) is 8.10. The first kappa shape index (κ1) is 18.4. The first-order chi connectivity index (χ1) is 12.9. The summed E-state index contributed by atoms with van der Waals surface area (Å²) in [5.41, 5.74) is 5.24. The van der Waals surface area contributed by atoms with Crippen LogP contribution in [0.1, 0.15) is 67.8 Å². The maximum Gasteiger partial charge on any atom is 0.255 e. The van der Waals surface area contributed by atoms with Crippen molar-refractivity contribution in [3.63, 3.8) is 0 Å². The van der Waals surface area contributed by atoms with E-state index in [0.717, 1.165) is 25.9 Å². The molecule has 2 N–H and O–H groups in total. The van der Waals surface area contributed by atoms with Gasteiger partial charge in [0.05, 0.1) is 0 Å². The summed E-state index contributed by atoms with van der Waals surface area (Å²) >= 11 is 0. The molecule has 1 unspecified atom stereocenters. The number of carbonyl (C=O) groups is 2. The molecule has 1 saturated heterocycles. The van der Waals surface area contributed by atoms with Gasteiger partial charge in [0.15, 0.2) is 0 Å². The summed E-state index contributed by atoms with van der Waals surface area (Å²) in [6, 6.07) is 4.64. The number of nitrogens with two attached hydrogens (primary N) is 1. The third kappa shape index (κ3) is 2.94. The molecule has 2 aliphatic heterocycles. The van der Waals surface area contributed by atoms with E-state index in [9.17, 15) is 14.0 Å². The van der Waals surface area contributed by atoms with Gasteiger partial charge in [0.2, 0.25) is 5.91 Å². The van der Waals surface area contributed by atoms with E-state index in [2.05, 4.69) is 4.90 Å². The third-order valence-corrected chi connectivity index (χ3v) is 6.87. The van der Waals surface area contributed by atoms with Crippen molar-refractivity contribution in [3.05, 3.63) is 35.1 Å². The number of rotatable bonds is 3. The van der Waals surface area contributed by atoms with Crippen molar-refractivity contribution < 1.29 is 14.0 Å². The van der Waals surface area contributed by atoms with Crippen molar-refractivity contribution >= 4 is 11.8 Å². The lowest BCUT2D eigenvalue weighted by molar-refractivity contribution is -0.129. The molecule has 1 aromatic carbocycles. The van der Waals surface area contributed by atoms with Crippen LogP contribution in [0.15, 0.2) is 18.2 Å². The van der Waals surface area contributed by atoms with Crippen LogP contribution in [0, 0.1) is 5.82 Å². The Kier molecular flexibility index (Phi) is 4.70. The van der Waals surface area contributed by atoms with Gasteiger partial charge in [-0.1, -0.05) is 19.3 Å². The molecule has 1 aromatic rings. The van der Waals surface area contributed by atoms with E-state index < -0.39 is 17.3 Å². The third-order valence-electron chi connectivity index (χ3n) is 6.87. The normalized spacial score (nSPS) is 27.8. The molecular weight excluding hydrogens is 345 g/mol. The highest BCUT2D eigenvalue weighted by Crippen LogP contribution is 2.42. The molecule has 0 aromatic heterocycles. The van der Waals surface area contributed by atoms with Gasteiger partial charge in [-0.15, -0.1) is 0 Å². The minimum Gasteiger partial charge on any atom is -0.367 e. The standard InChI is InChI=1S/C21H28FN3O2/c1-21(20(23)27)18-13-14(22)7-8-17(18)19(26)25(21)16-9-11-24(12-10-16)15-5-3-2-4-6-15/h7-8,13,15-16H,2-6,9-12H2,1H3,(H2,23,27). The Morgan fingerprint density at radius 3 is 2.41 bits per heavy atom. The van der Waals surface area contributed by atoms with Crippen LogP contribution in [0.4, 0.5) is 4.39 Å². The van der Waals surface area contributed by atoms with Gasteiger partial charge in [-0.05, 0) is 50.8 Å². The summed E-state index contributed by atoms with van der Waals surface area (Å²) in [5.74, 6) is -1.26. The molecule has 5 nitrogen and oxygen atoms in total. The van der Waals surface area contributed by atoms with E-state index in [-0.39, 0.29) is 11.9 Å². The van der Waals surface area contributed by atoms with Crippen molar-refractivity contribution in [1.82, 2.24) is 9.80 Å². The topological polar surface area (TPSA) is 66.6 Å². The summed E-state index contributed by atoms with van der Waals surface area (Å²) in [5, 5.41) is 0. The molecule has 1 atom stereocenters. The Morgan fingerprint density at radius 2 is 1.78 bits per heavy atom. The SMILES string of the molecule is CC1(C(N)=O)c2cc(F)ccc2C(=O)N1C1CCN(C2CCCCC2)CC1. The summed E-state index contributed by atoms with van der Waals surface area (Å²) < 4.78 is 13.8. The average molecular weight is 373 g/mol. The predicted octanol–water partition coefficient (Wildman–Crippen LogP) is 2.78. The highest BCUT2D eigenvalue weighted by Gasteiger charge is 2.53. The number of hydrogen-bond acceptors (Lipinski definition) is 3. The monoisotopic (exact) mass is 373 g/mol. The maximum absolute atomic E-state index is 13.8. The Labute approximate surface area is 159 Å². The number of primary amides is 1. The van der Waals surface area contributed by atoms with Gasteiger partial charge in [0, 0.05) is 36.3 Å². The van der Waals surface area contributed by atoms with E-state index >= 15 is 0 Å². The van der Waals surface area contributed by atoms with E-state index in [4.69, 9.17) is 5.73 Å². The fourth-order valence-corrected chi connectivity index (χ4v) is 5.31. The molecule has 27 heavy (non-hydrogen) atoms. The van der Waals surface area contributed by atoms with Crippen LogP contribution in [0.2, 0.25) is 0 Å². The van der Waals surface area contributed by atoms with Crippen LogP contribution < -0.4 is 5.73 Å². The largest absolute Gasteiger partial charge is 0.367 e. The molecule has 4 rings (SSSR count). The van der Waals surface area contributed by atoms with Crippen LogP contribution in [0.3, 0.4) is 0 Å². The molecule has 2 amide bonds. The summed E-state index contributed by atoms with van der Waals surface area (Å²) in [6.45, 7) is 3.52. The Bertz CT molecular complexity index is 754. The van der Waals surface area contributed by atoms with Gasteiger partial charge in [-0.25, -0.2) is 4.39 Å². The molecule has 1 aliphatic carbocycles. The average Bonchev–Trinajstić information content (AvgIpc) is 2.90. The van der Waals surface area contributed by atoms with Crippen LogP contribution in [-0.4, -0.2) is 46.8 Å². The molecule has 0 bridgehead atoms. The van der Waals surface area contributed by atoms with Crippen LogP contribution in [0.25, 0.3) is 0 Å². The zero-order chi connectivity index (χ0) is 19.2. The quantitative estimate of drug-likeness (QED) is 0.886. The first-order valence-electron chi connectivity index (χ1n) is 10.1. The van der Waals surface area contributed by atoms with E-state index in [1.165, 1.54) is 50.3 Å². The molecular formula is C21H28FN3O2. The number of benzene rings is 1. The van der Waals surface area contributed by atoms with Crippen LogP contribution in [-0.2, 0) is 10.3 Å². The van der Waals surface area contributed by atoms with Gasteiger partial charge < -0.3 is 15.5 Å². The van der Waals surface area contributed by atoms with Crippen molar-refractivity contribution in [1.29, 1.82) is 0 Å². The maximum atomic E-state index is 13.8. The Morgan fingerprint density at radius 1 is 1.11 bits per heavy atom. The Hall–Kier alpha value is -1.95. The molecule has 2 heterocycles. The fraction of sp³-hybridized carbons (Fsp3) is 0.619. The molecule has 6 heteroatoms. The van der Waals surface area contributed by atoms with E-state index in [1.807, 2.05) is 0 Å². The molecule has 1 saturated carbocycles. The molecule has 0 spiro atoms. The molecule has 0 radical (unpaired) electrons. The second-order valence-corrected chi connectivity index (χ2v) is 8.36. The lowest BCUT2D eigenvalue weighted by atomic mass is 9.88. The Balaban J connectivity index is 1.56. The number of nitrogens with zero attached hydrogens (tertiary/aromatic N) is 2. The lowest BCUT2D eigenvalue weighted by Gasteiger charge is -2.45. The number of fused-ring (bicyclic) bond motifs is 1. The van der Waals surface area contributed by atoms with Gasteiger partial charge in [-0.3, -0.25) is 9.59 Å². The number of piperidine rings is 1. The van der Waals surface area contributed by atoms with Crippen molar-refractivity contribution in [3.8, 4) is 0 Å². The van der Waals surface area contributed by atoms with Gasteiger partial charge >= 0.3 is 0 Å². The van der Waals surface area contributed by atoms with Crippen molar-refractivity contribution in [2.24, 2.45) is 5.73 Å². The van der Waals surface area contributed by atoms with Crippen molar-refractivity contribution in [2.45, 2.75) is 69.5 Å². The summed E-state index contributed by atoms with van der Waals surface area (Å²) in [4.78, 5) is 29.7. The van der Waals surface area contributed by atoms with E-state index in [1.54, 1.807) is 11.8 Å². The van der Waals surface area contributed by atoms with Crippen molar-refractivity contribution in [2.75, 3.05) is 13.1 Å². The molecule has 146 valence electrons. The zero-order valence-electron chi connectivity index (χ0n) is 15.9. The number of amides is 2. The number of hydrogen-bond donors (Lipinski definition) is 1. The van der Waals surface area contributed by atoms with Gasteiger partial charge in [0.25, 0.3) is 5.91 Å². The minimum absolute atomic E-state index is 0.0506.